The molecule has 1 heterocycles. The lowest BCUT2D eigenvalue weighted by molar-refractivity contribution is -0.133. The molecule has 39 heavy (non-hydrogen) atoms. The summed E-state index contributed by atoms with van der Waals surface area (Å²) in [7, 11) is 0. The number of fused-ring (bicyclic) bond motifs is 3. The molecule has 1 atom stereocenters. The van der Waals surface area contributed by atoms with E-state index >= 15 is 0 Å². The number of halogens is 4. The number of carbonyl (C=O) groups is 2. The van der Waals surface area contributed by atoms with Gasteiger partial charge >= 0.3 is 0 Å². The van der Waals surface area contributed by atoms with Crippen LogP contribution in [0.1, 0.15) is 32.1 Å². The molecule has 4 aliphatic rings. The Hall–Kier alpha value is -2.74. The molecule has 3 saturated carbocycles. The van der Waals surface area contributed by atoms with Gasteiger partial charge in [-0.2, -0.15) is 11.1 Å². The van der Waals surface area contributed by atoms with Crippen molar-refractivity contribution in [3.8, 4) is 11.5 Å². The first-order valence-corrected chi connectivity index (χ1v) is 13.2. The average Bonchev–Trinajstić information content (AvgIpc) is 3.46. The van der Waals surface area contributed by atoms with Gasteiger partial charge in [-0.1, -0.05) is 23.2 Å². The molecule has 0 unspecified atom stereocenters. The van der Waals surface area contributed by atoms with E-state index in [0.29, 0.717) is 32.1 Å². The number of amides is 2. The predicted molar refractivity (Wildman–Crippen MR) is 138 cm³/mol. The summed E-state index contributed by atoms with van der Waals surface area (Å²) in [6, 6.07) is 7.99. The number of ether oxygens (including phenoxy) is 2. The standard InChI is InChI=1S/C25H28Cl2F2N6O4/c26-17-3-1-14(9-19(17)28)38-12-21(36)30-24-5-7-25(8-6-24,16(11-24)23-32-34-35-33-23)31-22(37)13-39-15-2-4-18(27)20(29)10-15/h1-4,9-10,16,23,32-35H,5-8,11-13H2,(H,30,36)(H,31,37)/t16-,24?,25?/m1/s1. The highest BCUT2D eigenvalue weighted by atomic mass is 35.5. The number of hydrogen-bond acceptors (Lipinski definition) is 8. The molecule has 14 heteroatoms. The number of benzene rings is 2. The summed E-state index contributed by atoms with van der Waals surface area (Å²) in [4.78, 5) is 25.8. The minimum absolute atomic E-state index is 0.0275. The fourth-order valence-electron chi connectivity index (χ4n) is 5.74. The lowest BCUT2D eigenvalue weighted by Gasteiger charge is -2.59. The molecule has 0 aromatic heterocycles. The Labute approximate surface area is 233 Å². The van der Waals surface area contributed by atoms with Crippen LogP contribution in [-0.2, 0) is 9.59 Å². The third-order valence-electron chi connectivity index (χ3n) is 7.65. The van der Waals surface area contributed by atoms with Crippen molar-refractivity contribution in [2.45, 2.75) is 49.3 Å². The van der Waals surface area contributed by atoms with Crippen LogP contribution in [0, 0.1) is 17.6 Å². The zero-order valence-electron chi connectivity index (χ0n) is 20.7. The van der Waals surface area contributed by atoms with Crippen molar-refractivity contribution < 1.29 is 27.8 Å². The fraction of sp³-hybridized carbons (Fsp3) is 0.440. The summed E-state index contributed by atoms with van der Waals surface area (Å²) in [5.41, 5.74) is 10.8. The van der Waals surface area contributed by atoms with E-state index in [-0.39, 0.29) is 58.7 Å². The normalized spacial score (nSPS) is 26.3. The Morgan fingerprint density at radius 1 is 0.846 bits per heavy atom. The van der Waals surface area contributed by atoms with Crippen LogP contribution in [0.2, 0.25) is 10.0 Å². The maximum absolute atomic E-state index is 13.7. The summed E-state index contributed by atoms with van der Waals surface area (Å²) in [6.45, 7) is -0.566. The third kappa shape index (κ3) is 6.21. The number of hydrazine groups is 3. The highest BCUT2D eigenvalue weighted by Gasteiger charge is 2.58. The van der Waals surface area contributed by atoms with E-state index in [4.69, 9.17) is 32.7 Å². The molecule has 2 bridgehead atoms. The van der Waals surface area contributed by atoms with Crippen LogP contribution in [0.15, 0.2) is 36.4 Å². The maximum atomic E-state index is 13.7. The van der Waals surface area contributed by atoms with Crippen molar-refractivity contribution in [3.05, 3.63) is 58.1 Å². The van der Waals surface area contributed by atoms with E-state index in [9.17, 15) is 18.4 Å². The van der Waals surface area contributed by atoms with Gasteiger partial charge in [0.1, 0.15) is 23.1 Å². The lowest BCUT2D eigenvalue weighted by atomic mass is 9.55. The second-order valence-electron chi connectivity index (χ2n) is 10.1. The zero-order chi connectivity index (χ0) is 27.6. The predicted octanol–water partition coefficient (Wildman–Crippen LogP) is 2.48. The first-order chi connectivity index (χ1) is 18.7. The van der Waals surface area contributed by atoms with Gasteiger partial charge in [-0.15, -0.1) is 0 Å². The zero-order valence-corrected chi connectivity index (χ0v) is 22.2. The largest absolute Gasteiger partial charge is 0.484 e. The Morgan fingerprint density at radius 2 is 1.36 bits per heavy atom. The van der Waals surface area contributed by atoms with Crippen molar-refractivity contribution in [1.29, 1.82) is 0 Å². The van der Waals surface area contributed by atoms with Gasteiger partial charge in [0.25, 0.3) is 11.8 Å². The molecule has 6 rings (SSSR count). The van der Waals surface area contributed by atoms with Crippen molar-refractivity contribution in [3.63, 3.8) is 0 Å². The topological polar surface area (TPSA) is 125 Å². The summed E-state index contributed by atoms with van der Waals surface area (Å²) < 4.78 is 38.4. The van der Waals surface area contributed by atoms with Crippen LogP contribution in [0.4, 0.5) is 8.78 Å². The quantitative estimate of drug-likeness (QED) is 0.266. The van der Waals surface area contributed by atoms with Crippen LogP contribution < -0.4 is 42.0 Å². The van der Waals surface area contributed by atoms with E-state index in [0.717, 1.165) is 12.1 Å². The van der Waals surface area contributed by atoms with Gasteiger partial charge in [0.05, 0.1) is 16.2 Å². The van der Waals surface area contributed by atoms with Gasteiger partial charge in [0.15, 0.2) is 13.2 Å². The molecule has 4 fully saturated rings. The van der Waals surface area contributed by atoms with Crippen LogP contribution >= 0.6 is 23.2 Å². The lowest BCUT2D eigenvalue weighted by Crippen LogP contribution is -2.72. The van der Waals surface area contributed by atoms with Gasteiger partial charge in [-0.05, 0) is 56.4 Å². The van der Waals surface area contributed by atoms with Gasteiger partial charge in [-0.3, -0.25) is 9.59 Å². The van der Waals surface area contributed by atoms with Crippen LogP contribution in [0.3, 0.4) is 0 Å². The molecule has 3 aliphatic carbocycles. The highest BCUT2D eigenvalue weighted by molar-refractivity contribution is 6.31. The molecule has 2 aromatic carbocycles. The van der Waals surface area contributed by atoms with Gasteiger partial charge < -0.3 is 20.1 Å². The van der Waals surface area contributed by atoms with Gasteiger partial charge in [0, 0.05) is 29.1 Å². The van der Waals surface area contributed by atoms with Crippen LogP contribution in [0.25, 0.3) is 0 Å². The second kappa shape index (κ2) is 11.4. The van der Waals surface area contributed by atoms with E-state index in [2.05, 4.69) is 32.6 Å². The SMILES string of the molecule is O=C(COc1ccc(Cl)c(F)c1)NC12CCC(NC(=O)COc3ccc(Cl)c(F)c3)(CC1)[C@@H](C1NNNN1)C2. The molecule has 1 saturated heterocycles. The molecular formula is C25H28Cl2F2N6O4. The monoisotopic (exact) mass is 584 g/mol. The number of rotatable bonds is 9. The Morgan fingerprint density at radius 3 is 1.87 bits per heavy atom. The molecule has 2 amide bonds. The highest BCUT2D eigenvalue weighted by Crippen LogP contribution is 2.51. The fourth-order valence-corrected chi connectivity index (χ4v) is 5.97. The Balaban J connectivity index is 1.22. The molecule has 2 aromatic rings. The van der Waals surface area contributed by atoms with E-state index in [1.54, 1.807) is 0 Å². The summed E-state index contributed by atoms with van der Waals surface area (Å²) >= 11 is 11.4. The third-order valence-corrected chi connectivity index (χ3v) is 8.27. The molecular weight excluding hydrogens is 557 g/mol. The summed E-state index contributed by atoms with van der Waals surface area (Å²) in [5.74, 6) is -1.63. The van der Waals surface area contributed by atoms with Crippen LogP contribution in [-0.4, -0.2) is 42.3 Å². The molecule has 1 aliphatic heterocycles. The first-order valence-electron chi connectivity index (χ1n) is 12.5. The molecule has 210 valence electrons. The number of nitrogens with one attached hydrogen (secondary N) is 6. The Bertz CT molecular complexity index is 1240. The van der Waals surface area contributed by atoms with Crippen molar-refractivity contribution in [1.82, 2.24) is 32.6 Å². The Kier molecular flexibility index (Phi) is 8.13. The first kappa shape index (κ1) is 27.8. The average molecular weight is 585 g/mol. The minimum Gasteiger partial charge on any atom is -0.484 e. The molecule has 0 radical (unpaired) electrons. The molecule has 10 nitrogen and oxygen atoms in total. The van der Waals surface area contributed by atoms with Gasteiger partial charge in [0.2, 0.25) is 0 Å². The summed E-state index contributed by atoms with van der Waals surface area (Å²) in [6.07, 6.45) is 2.84. The maximum Gasteiger partial charge on any atom is 0.258 e. The summed E-state index contributed by atoms with van der Waals surface area (Å²) in [5, 5.41) is 6.24. The van der Waals surface area contributed by atoms with Crippen molar-refractivity contribution >= 4 is 35.0 Å². The van der Waals surface area contributed by atoms with Crippen molar-refractivity contribution in [2.75, 3.05) is 13.2 Å². The smallest absolute Gasteiger partial charge is 0.258 e. The van der Waals surface area contributed by atoms with E-state index in [1.165, 1.54) is 24.3 Å². The van der Waals surface area contributed by atoms with Gasteiger partial charge in [-0.25, -0.2) is 19.6 Å². The minimum atomic E-state index is -0.629. The number of carbonyl (C=O) groups excluding carboxylic acids is 2. The molecule has 0 spiro atoms. The second-order valence-corrected chi connectivity index (χ2v) is 10.9. The van der Waals surface area contributed by atoms with Crippen LogP contribution in [0.5, 0.6) is 11.5 Å². The van der Waals surface area contributed by atoms with Crippen molar-refractivity contribution in [2.24, 2.45) is 5.92 Å². The molecule has 6 N–H and O–H groups in total. The van der Waals surface area contributed by atoms with E-state index < -0.39 is 22.7 Å². The number of hydrogen-bond donors (Lipinski definition) is 6. The van der Waals surface area contributed by atoms with E-state index in [1.807, 2.05) is 0 Å².